The quantitative estimate of drug-likeness (QED) is 0.226. The Morgan fingerprint density at radius 2 is 1.39 bits per heavy atom. The molecule has 0 saturated carbocycles. The van der Waals surface area contributed by atoms with E-state index in [1.54, 1.807) is 34.1 Å². The van der Waals surface area contributed by atoms with Gasteiger partial charge in [0.1, 0.15) is 0 Å². The molecule has 0 fully saturated rings. The Balaban J connectivity index is 0.000000791. The van der Waals surface area contributed by atoms with Gasteiger partial charge in [0.05, 0.1) is 8.80 Å². The normalized spacial score (nSPS) is 14.6. The summed E-state index contributed by atoms with van der Waals surface area (Å²) in [6, 6.07) is 27.2. The van der Waals surface area contributed by atoms with Gasteiger partial charge < -0.3 is 29.2 Å². The fraction of sp³-hybridized carbons (Fsp3) is 0.323. The third kappa shape index (κ3) is 7.54. The molecule has 0 amide bonds. The summed E-state index contributed by atoms with van der Waals surface area (Å²) < 4.78 is 6.30. The first kappa shape index (κ1) is 33.5. The molecular formula is C31H38Cl2OSi3Zr-. The second kappa shape index (κ2) is 14.3. The van der Waals surface area contributed by atoms with Gasteiger partial charge in [0.2, 0.25) is 0 Å². The van der Waals surface area contributed by atoms with Gasteiger partial charge in [-0.2, -0.15) is 0 Å². The molecule has 4 aromatic rings. The van der Waals surface area contributed by atoms with Crippen molar-refractivity contribution in [2.24, 2.45) is 0 Å². The summed E-state index contributed by atoms with van der Waals surface area (Å²) in [6.45, 7) is 17.2. The summed E-state index contributed by atoms with van der Waals surface area (Å²) in [6.07, 6.45) is 1.02. The largest absolute Gasteiger partial charge is 1.00 e. The Morgan fingerprint density at radius 3 is 2.05 bits per heavy atom. The molecule has 5 rings (SSSR count). The summed E-state index contributed by atoms with van der Waals surface area (Å²) >= 11 is 1.74. The maximum absolute atomic E-state index is 6.30. The zero-order chi connectivity index (χ0) is 26.0. The molecule has 0 N–H and O–H groups in total. The monoisotopic (exact) mass is 670 g/mol. The van der Waals surface area contributed by atoms with Crippen LogP contribution in [0.15, 0.2) is 78.0 Å². The van der Waals surface area contributed by atoms with Gasteiger partial charge in [-0.25, -0.2) is 0 Å². The Kier molecular flexibility index (Phi) is 12.6. The predicted octanol–water partition coefficient (Wildman–Crippen LogP) is 2.94. The van der Waals surface area contributed by atoms with E-state index in [2.05, 4.69) is 119 Å². The maximum atomic E-state index is 6.30. The van der Waals surface area contributed by atoms with Gasteiger partial charge in [-0.15, -0.1) is 33.7 Å². The molecule has 7 heteroatoms. The van der Waals surface area contributed by atoms with E-state index in [-0.39, 0.29) is 30.2 Å². The van der Waals surface area contributed by atoms with Crippen LogP contribution in [0.1, 0.15) is 29.0 Å². The fourth-order valence-electron chi connectivity index (χ4n) is 5.39. The number of allylic oxidation sites excluding steroid dienone is 1. The van der Waals surface area contributed by atoms with Crippen molar-refractivity contribution in [2.45, 2.75) is 58.2 Å². The molecule has 38 heavy (non-hydrogen) atoms. The molecule has 199 valence electrons. The van der Waals surface area contributed by atoms with Crippen molar-refractivity contribution in [3.8, 4) is 0 Å². The Labute approximate surface area is 259 Å². The number of fused-ring (bicyclic) bond motifs is 4. The predicted molar refractivity (Wildman–Crippen MR) is 161 cm³/mol. The van der Waals surface area contributed by atoms with Gasteiger partial charge in [-0.3, -0.25) is 0 Å². The number of halogens is 2. The number of hydrogen-bond acceptors (Lipinski definition) is 1. The van der Waals surface area contributed by atoms with Gasteiger partial charge in [0.25, 0.3) is 0 Å². The average Bonchev–Trinajstić information content (AvgIpc) is 3.34. The first-order chi connectivity index (χ1) is 17.1. The first-order valence-corrected chi connectivity index (χ1v) is 25.0. The van der Waals surface area contributed by atoms with Crippen molar-refractivity contribution in [3.63, 3.8) is 0 Å². The van der Waals surface area contributed by atoms with Crippen LogP contribution in [0.4, 0.5) is 0 Å². The number of rotatable bonds is 6. The molecule has 0 bridgehead atoms. The van der Waals surface area contributed by atoms with Crippen LogP contribution in [0.25, 0.3) is 27.1 Å². The third-order valence-corrected chi connectivity index (χ3v) is 9.38. The fourth-order valence-corrected chi connectivity index (χ4v) is 7.86. The van der Waals surface area contributed by atoms with Crippen molar-refractivity contribution in [1.82, 2.24) is 0 Å². The van der Waals surface area contributed by atoms with E-state index in [9.17, 15) is 0 Å². The van der Waals surface area contributed by atoms with E-state index in [1.165, 1.54) is 38.2 Å². The second-order valence-electron chi connectivity index (χ2n) is 11.2. The van der Waals surface area contributed by atoms with Crippen molar-refractivity contribution in [3.05, 3.63) is 94.7 Å². The SMILES string of the molecule is C[Si](C)=[Zr+2].C[Si](C)C1=C(CCO[Si](C)(C)C)c2ccccc2C1c1cccc2c1[cH-]c1ccccc12.[Cl-].[Cl-]. The molecule has 1 aliphatic rings. The summed E-state index contributed by atoms with van der Waals surface area (Å²) in [7, 11) is -2.17. The third-order valence-electron chi connectivity index (χ3n) is 6.64. The van der Waals surface area contributed by atoms with Crippen LogP contribution in [-0.4, -0.2) is 29.2 Å². The number of benzene rings is 3. The molecule has 0 aromatic heterocycles. The van der Waals surface area contributed by atoms with Gasteiger partial charge in [0, 0.05) is 12.5 Å². The molecule has 1 aliphatic carbocycles. The van der Waals surface area contributed by atoms with E-state index in [0.717, 1.165) is 13.0 Å². The topological polar surface area (TPSA) is 9.23 Å². The molecule has 0 saturated heterocycles. The summed E-state index contributed by atoms with van der Waals surface area (Å²) in [5.41, 5.74) is 6.16. The van der Waals surface area contributed by atoms with Crippen LogP contribution >= 0.6 is 0 Å². The summed E-state index contributed by atoms with van der Waals surface area (Å²) in [4.78, 5) is 0. The molecule has 1 unspecified atom stereocenters. The van der Waals surface area contributed by atoms with E-state index in [4.69, 9.17) is 4.43 Å². The second-order valence-corrected chi connectivity index (χ2v) is 27.6. The Morgan fingerprint density at radius 1 is 0.816 bits per heavy atom. The smallest absolute Gasteiger partial charge is 0.183 e. The van der Waals surface area contributed by atoms with E-state index >= 15 is 0 Å². The number of hydrogen-bond donors (Lipinski definition) is 0. The molecular weight excluding hydrogens is 635 g/mol. The van der Waals surface area contributed by atoms with Crippen molar-refractivity contribution in [1.29, 1.82) is 0 Å². The van der Waals surface area contributed by atoms with Crippen LogP contribution in [0.3, 0.4) is 0 Å². The standard InChI is InChI=1S/C29H32OSi2.C2H6Si.2ClH.Zr/c1-31(2)29-26(17-18-30-32(3,4)5)23-13-8-9-14-24(23)28(29)25-16-10-15-22-21-12-7-6-11-20(21)19-27(22)25;1-3-2;;;/h6-16,19,28H,17-18H2,1-5H3;1-2H3;2*1H;/q-1;;;;+2/p-2. The molecule has 1 nitrogen and oxygen atoms in total. The van der Waals surface area contributed by atoms with E-state index < -0.39 is 17.1 Å². The molecule has 0 heterocycles. The minimum absolute atomic E-state index is 0. The Hall–Kier alpha value is -0.656. The van der Waals surface area contributed by atoms with Gasteiger partial charge in [-0.05, 0) is 42.8 Å². The molecule has 1 atom stereocenters. The van der Waals surface area contributed by atoms with Gasteiger partial charge in [0.15, 0.2) is 8.32 Å². The van der Waals surface area contributed by atoms with Gasteiger partial charge >= 0.3 is 41.9 Å². The van der Waals surface area contributed by atoms with Crippen LogP contribution in [0, 0.1) is 0 Å². The van der Waals surface area contributed by atoms with Crippen molar-refractivity contribution < 1.29 is 52.6 Å². The van der Waals surface area contributed by atoms with Crippen LogP contribution in [0.5, 0.6) is 0 Å². The maximum Gasteiger partial charge on any atom is 0.183 e. The summed E-state index contributed by atoms with van der Waals surface area (Å²) in [5, 5.41) is 7.17. The van der Waals surface area contributed by atoms with Crippen molar-refractivity contribution >= 4 is 49.7 Å². The zero-order valence-electron chi connectivity index (χ0n) is 23.6. The van der Waals surface area contributed by atoms with Crippen LogP contribution < -0.4 is 24.8 Å². The molecule has 0 spiro atoms. The van der Waals surface area contributed by atoms with E-state index in [1.807, 2.05) is 0 Å². The van der Waals surface area contributed by atoms with Crippen LogP contribution in [0.2, 0.25) is 45.8 Å². The summed E-state index contributed by atoms with van der Waals surface area (Å²) in [5.74, 6) is 0.359. The molecule has 4 aromatic carbocycles. The zero-order valence-corrected chi connectivity index (χ0v) is 30.6. The minimum atomic E-state index is -1.52. The molecule has 0 aliphatic heterocycles. The first-order valence-electron chi connectivity index (χ1n) is 12.9. The average molecular weight is 673 g/mol. The van der Waals surface area contributed by atoms with E-state index in [0.29, 0.717) is 5.92 Å². The van der Waals surface area contributed by atoms with Gasteiger partial charge in [-0.1, -0.05) is 84.5 Å². The van der Waals surface area contributed by atoms with Crippen molar-refractivity contribution in [2.75, 3.05) is 6.61 Å². The Bertz CT molecular complexity index is 1430. The minimum Gasteiger partial charge on any atom is -1.00 e. The molecule has 1 radical (unpaired) electrons. The van der Waals surface area contributed by atoms with Crippen LogP contribution in [-0.2, 0) is 27.8 Å².